The summed E-state index contributed by atoms with van der Waals surface area (Å²) >= 11 is 1.74. The van der Waals surface area contributed by atoms with Crippen molar-refractivity contribution in [3.63, 3.8) is 0 Å². The lowest BCUT2D eigenvalue weighted by Gasteiger charge is -2.11. The normalized spacial score (nSPS) is 10.9. The van der Waals surface area contributed by atoms with Crippen LogP contribution in [-0.2, 0) is 6.54 Å². The van der Waals surface area contributed by atoms with Gasteiger partial charge in [0.2, 0.25) is 0 Å². The maximum atomic E-state index is 5.89. The largest absolute Gasteiger partial charge is 0.399 e. The number of thiophene rings is 1. The van der Waals surface area contributed by atoms with Crippen molar-refractivity contribution in [1.29, 1.82) is 0 Å². The molecule has 0 aliphatic rings. The summed E-state index contributed by atoms with van der Waals surface area (Å²) in [5.41, 5.74) is 12.4. The summed E-state index contributed by atoms with van der Waals surface area (Å²) in [5, 5.41) is 8.94. The van der Waals surface area contributed by atoms with Gasteiger partial charge in [0.25, 0.3) is 0 Å². The van der Waals surface area contributed by atoms with Gasteiger partial charge in [0.1, 0.15) is 0 Å². The fraction of sp³-hybridized carbons (Fsp3) is 0.188. The molecule has 0 aliphatic carbocycles. The zero-order valence-electron chi connectivity index (χ0n) is 11.6. The van der Waals surface area contributed by atoms with Crippen LogP contribution in [0.2, 0.25) is 0 Å². The van der Waals surface area contributed by atoms with E-state index in [4.69, 9.17) is 5.73 Å². The van der Waals surface area contributed by atoms with Gasteiger partial charge in [0.15, 0.2) is 0 Å². The van der Waals surface area contributed by atoms with Crippen LogP contribution in [0.4, 0.5) is 11.4 Å². The number of rotatable bonds is 3. The molecular formula is C16H17N3S. The number of anilines is 2. The van der Waals surface area contributed by atoms with E-state index >= 15 is 0 Å². The average molecular weight is 283 g/mol. The second kappa shape index (κ2) is 5.13. The molecule has 0 saturated carbocycles. The molecule has 3 nitrogen and oxygen atoms in total. The molecule has 0 unspecified atom stereocenters. The SMILES string of the molecule is Cc1cc(NCc2cscc2C)c2cc(N)ccc2n1. The summed E-state index contributed by atoms with van der Waals surface area (Å²) < 4.78 is 0. The minimum atomic E-state index is 0.762. The van der Waals surface area contributed by atoms with Crippen LogP contribution in [0.15, 0.2) is 35.0 Å². The first kappa shape index (κ1) is 12.9. The Morgan fingerprint density at radius 2 is 2.05 bits per heavy atom. The Morgan fingerprint density at radius 1 is 1.20 bits per heavy atom. The Kier molecular flexibility index (Phi) is 3.32. The molecule has 1 aromatic carbocycles. The number of benzene rings is 1. The summed E-state index contributed by atoms with van der Waals surface area (Å²) in [7, 11) is 0. The summed E-state index contributed by atoms with van der Waals surface area (Å²) in [6.07, 6.45) is 0. The highest BCUT2D eigenvalue weighted by Gasteiger charge is 2.06. The highest BCUT2D eigenvalue weighted by atomic mass is 32.1. The maximum absolute atomic E-state index is 5.89. The molecule has 0 atom stereocenters. The van der Waals surface area contributed by atoms with E-state index < -0.39 is 0 Å². The van der Waals surface area contributed by atoms with E-state index in [1.165, 1.54) is 11.1 Å². The van der Waals surface area contributed by atoms with Gasteiger partial charge in [-0.15, -0.1) is 0 Å². The Balaban J connectivity index is 1.98. The Labute approximate surface area is 122 Å². The van der Waals surface area contributed by atoms with Crippen molar-refractivity contribution in [3.05, 3.63) is 51.8 Å². The number of nitrogens with one attached hydrogen (secondary N) is 1. The van der Waals surface area contributed by atoms with Crippen molar-refractivity contribution < 1.29 is 0 Å². The van der Waals surface area contributed by atoms with Gasteiger partial charge < -0.3 is 11.1 Å². The lowest BCUT2D eigenvalue weighted by atomic mass is 10.1. The number of aromatic nitrogens is 1. The van der Waals surface area contributed by atoms with Crippen LogP contribution in [0.25, 0.3) is 10.9 Å². The highest BCUT2D eigenvalue weighted by molar-refractivity contribution is 7.08. The zero-order valence-corrected chi connectivity index (χ0v) is 12.4. The molecule has 0 aliphatic heterocycles. The molecule has 0 spiro atoms. The van der Waals surface area contributed by atoms with Crippen molar-refractivity contribution in [2.45, 2.75) is 20.4 Å². The summed E-state index contributed by atoms with van der Waals surface area (Å²) in [6, 6.07) is 7.91. The van der Waals surface area contributed by atoms with Crippen LogP contribution in [-0.4, -0.2) is 4.98 Å². The number of nitrogens with zero attached hydrogens (tertiary/aromatic N) is 1. The summed E-state index contributed by atoms with van der Waals surface area (Å²) in [5.74, 6) is 0. The van der Waals surface area contributed by atoms with Gasteiger partial charge >= 0.3 is 0 Å². The number of nitrogen functional groups attached to an aromatic ring is 1. The summed E-state index contributed by atoms with van der Waals surface area (Å²) in [6.45, 7) is 4.97. The highest BCUT2D eigenvalue weighted by Crippen LogP contribution is 2.26. The average Bonchev–Trinajstić information content (AvgIpc) is 2.82. The zero-order chi connectivity index (χ0) is 14.1. The van der Waals surface area contributed by atoms with Gasteiger partial charge in [-0.1, -0.05) is 0 Å². The number of fused-ring (bicyclic) bond motifs is 1. The monoisotopic (exact) mass is 283 g/mol. The molecule has 0 saturated heterocycles. The topological polar surface area (TPSA) is 50.9 Å². The van der Waals surface area contributed by atoms with Crippen LogP contribution in [0, 0.1) is 13.8 Å². The molecule has 102 valence electrons. The second-order valence-corrected chi connectivity index (χ2v) is 5.76. The van der Waals surface area contributed by atoms with Gasteiger partial charge in [0, 0.05) is 29.0 Å². The van der Waals surface area contributed by atoms with E-state index in [0.29, 0.717) is 0 Å². The molecule has 2 heterocycles. The first-order valence-corrected chi connectivity index (χ1v) is 7.50. The molecule has 0 fully saturated rings. The molecule has 4 heteroatoms. The number of nitrogens with two attached hydrogens (primary N) is 1. The van der Waals surface area contributed by atoms with Gasteiger partial charge in [-0.25, -0.2) is 0 Å². The molecule has 3 rings (SSSR count). The van der Waals surface area contributed by atoms with Gasteiger partial charge in [0.05, 0.1) is 5.52 Å². The molecule has 0 amide bonds. The molecule has 2 aromatic heterocycles. The smallest absolute Gasteiger partial charge is 0.0727 e. The van der Waals surface area contributed by atoms with Gasteiger partial charge in [-0.05, 0) is 60.0 Å². The van der Waals surface area contributed by atoms with Crippen molar-refractivity contribution in [1.82, 2.24) is 4.98 Å². The fourth-order valence-corrected chi connectivity index (χ4v) is 3.14. The van der Waals surface area contributed by atoms with Crippen LogP contribution in [0.3, 0.4) is 0 Å². The van der Waals surface area contributed by atoms with E-state index in [-0.39, 0.29) is 0 Å². The number of hydrogen-bond donors (Lipinski definition) is 2. The summed E-state index contributed by atoms with van der Waals surface area (Å²) in [4.78, 5) is 4.55. The first-order chi connectivity index (χ1) is 9.63. The second-order valence-electron chi connectivity index (χ2n) is 5.02. The Bertz CT molecular complexity index is 762. The maximum Gasteiger partial charge on any atom is 0.0727 e. The van der Waals surface area contributed by atoms with Crippen LogP contribution < -0.4 is 11.1 Å². The van der Waals surface area contributed by atoms with E-state index in [1.54, 1.807) is 11.3 Å². The lowest BCUT2D eigenvalue weighted by Crippen LogP contribution is -2.02. The number of aryl methyl sites for hydroxylation is 2. The third-order valence-corrected chi connectivity index (χ3v) is 4.30. The standard InChI is InChI=1S/C16H17N3S/c1-10-8-20-9-12(10)7-18-16-5-11(2)19-15-4-3-13(17)6-14(15)16/h3-6,8-9H,7,17H2,1-2H3,(H,18,19). The van der Waals surface area contributed by atoms with E-state index in [9.17, 15) is 0 Å². The number of pyridine rings is 1. The predicted molar refractivity (Wildman–Crippen MR) is 87.3 cm³/mol. The number of hydrogen-bond acceptors (Lipinski definition) is 4. The van der Waals surface area contributed by atoms with Crippen LogP contribution in [0.5, 0.6) is 0 Å². The molecular weight excluding hydrogens is 266 g/mol. The third kappa shape index (κ3) is 2.47. The molecule has 3 aromatic rings. The van der Waals surface area contributed by atoms with Crippen molar-refractivity contribution in [2.75, 3.05) is 11.1 Å². The lowest BCUT2D eigenvalue weighted by molar-refractivity contribution is 1.13. The van der Waals surface area contributed by atoms with E-state index in [0.717, 1.165) is 34.5 Å². The van der Waals surface area contributed by atoms with Gasteiger partial charge in [-0.2, -0.15) is 11.3 Å². The minimum Gasteiger partial charge on any atom is -0.399 e. The van der Waals surface area contributed by atoms with Gasteiger partial charge in [-0.3, -0.25) is 4.98 Å². The predicted octanol–water partition coefficient (Wildman–Crippen LogP) is 4.11. The van der Waals surface area contributed by atoms with Crippen LogP contribution >= 0.6 is 11.3 Å². The Morgan fingerprint density at radius 3 is 2.80 bits per heavy atom. The van der Waals surface area contributed by atoms with Crippen molar-refractivity contribution in [2.24, 2.45) is 0 Å². The molecule has 3 N–H and O–H groups in total. The first-order valence-electron chi connectivity index (χ1n) is 6.56. The van der Waals surface area contributed by atoms with Crippen molar-refractivity contribution >= 4 is 33.6 Å². The molecule has 0 radical (unpaired) electrons. The van der Waals surface area contributed by atoms with Crippen molar-refractivity contribution in [3.8, 4) is 0 Å². The van der Waals surface area contributed by atoms with Crippen LogP contribution in [0.1, 0.15) is 16.8 Å². The fourth-order valence-electron chi connectivity index (χ4n) is 2.28. The molecule has 20 heavy (non-hydrogen) atoms. The van der Waals surface area contributed by atoms with E-state index in [1.807, 2.05) is 25.1 Å². The minimum absolute atomic E-state index is 0.762. The quantitative estimate of drug-likeness (QED) is 0.711. The third-order valence-electron chi connectivity index (χ3n) is 3.39. The Hall–Kier alpha value is -2.07. The van der Waals surface area contributed by atoms with E-state index in [2.05, 4.69) is 34.1 Å². The molecule has 0 bridgehead atoms.